The molecule has 1 aromatic heterocycles. The van der Waals surface area contributed by atoms with Crippen LogP contribution in [0.25, 0.3) is 10.9 Å². The van der Waals surface area contributed by atoms with Gasteiger partial charge in [0.05, 0.1) is 15.2 Å². The highest BCUT2D eigenvalue weighted by molar-refractivity contribution is 7.91. The third-order valence-corrected chi connectivity index (χ3v) is 4.81. The van der Waals surface area contributed by atoms with Crippen LogP contribution in [0.3, 0.4) is 0 Å². The Labute approximate surface area is 135 Å². The van der Waals surface area contributed by atoms with Gasteiger partial charge in [0.2, 0.25) is 0 Å². The van der Waals surface area contributed by atoms with E-state index in [-0.39, 0.29) is 5.75 Å². The van der Waals surface area contributed by atoms with Crippen LogP contribution in [-0.4, -0.2) is 20.6 Å². The van der Waals surface area contributed by atoms with Gasteiger partial charge in [-0.25, -0.2) is 8.99 Å². The fourth-order valence-electron chi connectivity index (χ4n) is 2.37. The van der Waals surface area contributed by atoms with Crippen LogP contribution < -0.4 is 5.32 Å². The summed E-state index contributed by atoms with van der Waals surface area (Å²) >= 11 is 0. The van der Waals surface area contributed by atoms with Gasteiger partial charge < -0.3 is 10.4 Å². The molecule has 1 unspecified atom stereocenters. The van der Waals surface area contributed by atoms with Crippen molar-refractivity contribution in [2.24, 2.45) is 0 Å². The normalized spacial score (nSPS) is 13.7. The summed E-state index contributed by atoms with van der Waals surface area (Å²) in [7, 11) is -2.79. The SMILES string of the molecule is Cc1ccc(O)cc1Nc1ccnc2ccc(S(C)(=N)=O)cc12. The van der Waals surface area contributed by atoms with E-state index in [1.807, 2.05) is 19.1 Å². The van der Waals surface area contributed by atoms with E-state index in [0.29, 0.717) is 4.90 Å². The number of nitrogens with one attached hydrogen (secondary N) is 2. The summed E-state index contributed by atoms with van der Waals surface area (Å²) in [6.07, 6.45) is 3.09. The molecule has 3 N–H and O–H groups in total. The fraction of sp³-hybridized carbons (Fsp3) is 0.118. The lowest BCUT2D eigenvalue weighted by Crippen LogP contribution is -1.98. The van der Waals surface area contributed by atoms with Crippen LogP contribution in [0.15, 0.2) is 53.6 Å². The Morgan fingerprint density at radius 2 is 1.91 bits per heavy atom. The van der Waals surface area contributed by atoms with E-state index in [4.69, 9.17) is 4.78 Å². The van der Waals surface area contributed by atoms with Crippen LogP contribution in [0.2, 0.25) is 0 Å². The summed E-state index contributed by atoms with van der Waals surface area (Å²) < 4.78 is 19.7. The third-order valence-electron chi connectivity index (χ3n) is 3.65. The number of hydrogen-bond acceptors (Lipinski definition) is 5. The molecule has 0 aliphatic carbocycles. The molecule has 5 nitrogen and oxygen atoms in total. The number of aromatic nitrogens is 1. The molecular weight excluding hydrogens is 310 g/mol. The Balaban J connectivity index is 2.15. The number of benzene rings is 2. The highest BCUT2D eigenvalue weighted by Crippen LogP contribution is 2.30. The number of pyridine rings is 1. The molecule has 23 heavy (non-hydrogen) atoms. The summed E-state index contributed by atoms with van der Waals surface area (Å²) in [5.41, 5.74) is 3.31. The minimum absolute atomic E-state index is 0.180. The number of fused-ring (bicyclic) bond motifs is 1. The molecule has 0 bridgehead atoms. The van der Waals surface area contributed by atoms with E-state index in [0.717, 1.165) is 27.8 Å². The van der Waals surface area contributed by atoms with Crippen molar-refractivity contribution in [1.82, 2.24) is 4.98 Å². The molecule has 1 atom stereocenters. The second kappa shape index (κ2) is 5.55. The summed E-state index contributed by atoms with van der Waals surface area (Å²) in [6.45, 7) is 1.94. The van der Waals surface area contributed by atoms with Gasteiger partial charge in [0, 0.05) is 40.2 Å². The van der Waals surface area contributed by atoms with Gasteiger partial charge in [-0.3, -0.25) is 4.98 Å². The van der Waals surface area contributed by atoms with Gasteiger partial charge in [-0.2, -0.15) is 0 Å². The quantitative estimate of drug-likeness (QED) is 0.678. The number of aryl methyl sites for hydroxylation is 1. The molecule has 0 radical (unpaired) electrons. The number of phenols is 1. The molecule has 0 saturated heterocycles. The molecule has 3 rings (SSSR count). The third kappa shape index (κ3) is 3.12. The average Bonchev–Trinajstić information content (AvgIpc) is 2.50. The van der Waals surface area contributed by atoms with Crippen molar-refractivity contribution in [3.05, 3.63) is 54.2 Å². The van der Waals surface area contributed by atoms with E-state index in [9.17, 15) is 9.32 Å². The standard InChI is InChI=1S/C17H17N3O2S/c1-11-3-4-12(21)9-17(11)20-16-7-8-19-15-6-5-13(10-14(15)16)23(2,18)22/h3-10,18,21H,1-2H3,(H,19,20). The smallest absolute Gasteiger partial charge is 0.117 e. The van der Waals surface area contributed by atoms with Gasteiger partial charge >= 0.3 is 0 Å². The van der Waals surface area contributed by atoms with Crippen LogP contribution >= 0.6 is 0 Å². The number of aromatic hydroxyl groups is 1. The van der Waals surface area contributed by atoms with Crippen LogP contribution in [-0.2, 0) is 9.73 Å². The lowest BCUT2D eigenvalue weighted by molar-refractivity contribution is 0.475. The summed E-state index contributed by atoms with van der Waals surface area (Å²) in [6, 6.07) is 12.1. The number of anilines is 2. The summed E-state index contributed by atoms with van der Waals surface area (Å²) in [5.74, 6) is 0.180. The largest absolute Gasteiger partial charge is 0.508 e. The van der Waals surface area contributed by atoms with Crippen molar-refractivity contribution >= 4 is 32.0 Å². The number of hydrogen-bond donors (Lipinski definition) is 3. The molecule has 6 heteroatoms. The molecule has 0 saturated carbocycles. The summed E-state index contributed by atoms with van der Waals surface area (Å²) in [4.78, 5) is 4.77. The zero-order valence-corrected chi connectivity index (χ0v) is 13.6. The minimum Gasteiger partial charge on any atom is -0.508 e. The van der Waals surface area contributed by atoms with Gasteiger partial charge in [0.15, 0.2) is 0 Å². The van der Waals surface area contributed by atoms with Crippen LogP contribution in [0.1, 0.15) is 5.56 Å². The van der Waals surface area contributed by atoms with Gasteiger partial charge in [0.25, 0.3) is 0 Å². The van der Waals surface area contributed by atoms with Crippen LogP contribution in [0.5, 0.6) is 5.75 Å². The molecule has 0 spiro atoms. The van der Waals surface area contributed by atoms with Crippen molar-refractivity contribution in [1.29, 1.82) is 4.78 Å². The maximum atomic E-state index is 12.0. The van der Waals surface area contributed by atoms with Crippen LogP contribution in [0, 0.1) is 11.7 Å². The first-order chi connectivity index (χ1) is 10.8. The highest BCUT2D eigenvalue weighted by Gasteiger charge is 2.09. The molecule has 0 fully saturated rings. The topological polar surface area (TPSA) is 86.1 Å². The molecule has 3 aromatic rings. The average molecular weight is 327 g/mol. The van der Waals surface area contributed by atoms with Gasteiger partial charge in [-0.1, -0.05) is 6.07 Å². The van der Waals surface area contributed by atoms with Crippen molar-refractivity contribution in [3.63, 3.8) is 0 Å². The van der Waals surface area contributed by atoms with Crippen molar-refractivity contribution in [2.45, 2.75) is 11.8 Å². The Morgan fingerprint density at radius 1 is 1.13 bits per heavy atom. The zero-order chi connectivity index (χ0) is 16.6. The first-order valence-corrected chi connectivity index (χ1v) is 9.00. The van der Waals surface area contributed by atoms with E-state index in [1.165, 1.54) is 6.26 Å². The monoisotopic (exact) mass is 327 g/mol. The Kier molecular flexibility index (Phi) is 3.69. The molecule has 2 aromatic carbocycles. The lowest BCUT2D eigenvalue weighted by Gasteiger charge is -2.13. The van der Waals surface area contributed by atoms with Gasteiger partial charge in [-0.05, 0) is 42.8 Å². The Morgan fingerprint density at radius 3 is 2.65 bits per heavy atom. The minimum atomic E-state index is -2.79. The van der Waals surface area contributed by atoms with E-state index in [1.54, 1.807) is 36.5 Å². The van der Waals surface area contributed by atoms with E-state index in [2.05, 4.69) is 10.3 Å². The highest BCUT2D eigenvalue weighted by atomic mass is 32.2. The van der Waals surface area contributed by atoms with Gasteiger partial charge in [-0.15, -0.1) is 0 Å². The maximum Gasteiger partial charge on any atom is 0.117 e. The van der Waals surface area contributed by atoms with E-state index < -0.39 is 9.73 Å². The Bertz CT molecular complexity index is 998. The zero-order valence-electron chi connectivity index (χ0n) is 12.8. The van der Waals surface area contributed by atoms with Crippen LogP contribution in [0.4, 0.5) is 11.4 Å². The van der Waals surface area contributed by atoms with Crippen molar-refractivity contribution in [3.8, 4) is 5.75 Å². The number of phenolic OH excluding ortho intramolecular Hbond substituents is 1. The predicted octanol–water partition coefficient (Wildman–Crippen LogP) is 4.03. The number of rotatable bonds is 3. The molecule has 0 aliphatic heterocycles. The molecule has 0 amide bonds. The maximum absolute atomic E-state index is 12.0. The second-order valence-electron chi connectivity index (χ2n) is 5.51. The molecular formula is C17H17N3O2S. The van der Waals surface area contributed by atoms with E-state index >= 15 is 0 Å². The molecule has 1 heterocycles. The lowest BCUT2D eigenvalue weighted by atomic mass is 10.1. The predicted molar refractivity (Wildman–Crippen MR) is 92.9 cm³/mol. The number of nitrogens with zero attached hydrogens (tertiary/aromatic N) is 1. The van der Waals surface area contributed by atoms with Gasteiger partial charge in [0.1, 0.15) is 5.75 Å². The first kappa shape index (κ1) is 15.3. The molecule has 0 aliphatic rings. The summed E-state index contributed by atoms with van der Waals surface area (Å²) in [5, 5.41) is 13.7. The second-order valence-corrected chi connectivity index (χ2v) is 7.66. The Hall–Kier alpha value is -2.60. The molecule has 118 valence electrons. The van der Waals surface area contributed by atoms with Crippen molar-refractivity contribution in [2.75, 3.05) is 11.6 Å². The first-order valence-electron chi connectivity index (χ1n) is 7.04. The van der Waals surface area contributed by atoms with Crippen molar-refractivity contribution < 1.29 is 9.32 Å². The fourth-order valence-corrected chi connectivity index (χ4v) is 3.04.